The smallest absolute Gasteiger partial charge is 0.225 e. The number of benzene rings is 1. The monoisotopic (exact) mass is 372 g/mol. The quantitative estimate of drug-likeness (QED) is 0.788. The van der Waals surface area contributed by atoms with Crippen molar-refractivity contribution in [1.29, 1.82) is 0 Å². The predicted molar refractivity (Wildman–Crippen MR) is 95.2 cm³/mol. The third kappa shape index (κ3) is 3.29. The van der Waals surface area contributed by atoms with Crippen molar-refractivity contribution < 1.29 is 9.18 Å². The van der Waals surface area contributed by atoms with Crippen molar-refractivity contribution in [2.75, 3.05) is 27.2 Å². The van der Waals surface area contributed by atoms with E-state index in [9.17, 15) is 4.79 Å². The lowest BCUT2D eigenvalue weighted by atomic mass is 9.68. The largest absolute Gasteiger partial charge is 0.349 e. The standard InChI is InChI=1S/C18H23Cl2FN2O/c1-22(2)17(24)13-9-18(21,10-13)14-6-5-12(15(19)16(14)20)11-23-7-3-4-8-23/h5-6,13H,3-4,7-11H2,1-2H3/t13-,18-. The van der Waals surface area contributed by atoms with Gasteiger partial charge in [0.25, 0.3) is 0 Å². The zero-order chi connectivity index (χ0) is 17.5. The fourth-order valence-corrected chi connectivity index (χ4v) is 4.30. The molecule has 3 rings (SSSR count). The summed E-state index contributed by atoms with van der Waals surface area (Å²) >= 11 is 12.8. The summed E-state index contributed by atoms with van der Waals surface area (Å²) in [7, 11) is 3.38. The highest BCUT2D eigenvalue weighted by Gasteiger charge is 2.50. The van der Waals surface area contributed by atoms with E-state index in [1.54, 1.807) is 20.2 Å². The minimum atomic E-state index is -1.55. The second-order valence-corrected chi connectivity index (χ2v) is 7.94. The molecule has 0 radical (unpaired) electrons. The predicted octanol–water partition coefficient (Wildman–Crippen LogP) is 4.25. The van der Waals surface area contributed by atoms with E-state index in [0.29, 0.717) is 15.6 Å². The maximum Gasteiger partial charge on any atom is 0.225 e. The van der Waals surface area contributed by atoms with Crippen molar-refractivity contribution in [3.63, 3.8) is 0 Å². The fraction of sp³-hybridized carbons (Fsp3) is 0.611. The van der Waals surface area contributed by atoms with Crippen molar-refractivity contribution >= 4 is 29.1 Å². The van der Waals surface area contributed by atoms with E-state index >= 15 is 4.39 Å². The second kappa shape index (κ2) is 6.81. The molecule has 1 aromatic rings. The number of hydrogen-bond donors (Lipinski definition) is 0. The third-order valence-electron chi connectivity index (χ3n) is 5.17. The summed E-state index contributed by atoms with van der Waals surface area (Å²) in [6, 6.07) is 3.63. The van der Waals surface area contributed by atoms with Crippen LogP contribution in [0.3, 0.4) is 0 Å². The number of halogens is 3. The Morgan fingerprint density at radius 1 is 1.25 bits per heavy atom. The van der Waals surface area contributed by atoms with Crippen LogP contribution >= 0.6 is 23.2 Å². The van der Waals surface area contributed by atoms with Crippen LogP contribution < -0.4 is 0 Å². The first-order chi connectivity index (χ1) is 11.3. The van der Waals surface area contributed by atoms with Gasteiger partial charge in [-0.3, -0.25) is 9.69 Å². The Kier molecular flexibility index (Phi) is 5.10. The topological polar surface area (TPSA) is 23.6 Å². The summed E-state index contributed by atoms with van der Waals surface area (Å²) in [5.41, 5.74) is -0.193. The summed E-state index contributed by atoms with van der Waals surface area (Å²) < 4.78 is 15.2. The zero-order valence-corrected chi connectivity index (χ0v) is 15.6. The van der Waals surface area contributed by atoms with Crippen LogP contribution in [0.4, 0.5) is 4.39 Å². The molecule has 24 heavy (non-hydrogen) atoms. The van der Waals surface area contributed by atoms with Crippen LogP contribution in [0.5, 0.6) is 0 Å². The Morgan fingerprint density at radius 2 is 1.88 bits per heavy atom. The fourth-order valence-electron chi connectivity index (χ4n) is 3.72. The molecule has 1 heterocycles. The first kappa shape index (κ1) is 18.0. The SMILES string of the molecule is CN(C)C(=O)[C@H]1C[C@@](F)(c2ccc(CN3CCCC3)c(Cl)c2Cl)C1. The van der Waals surface area contributed by atoms with Crippen LogP contribution in [-0.2, 0) is 17.0 Å². The molecule has 3 nitrogen and oxygen atoms in total. The minimum absolute atomic E-state index is 0.0313. The first-order valence-corrected chi connectivity index (χ1v) is 9.17. The molecule has 1 saturated carbocycles. The van der Waals surface area contributed by atoms with Gasteiger partial charge in [0.1, 0.15) is 5.67 Å². The van der Waals surface area contributed by atoms with Gasteiger partial charge in [-0.1, -0.05) is 35.3 Å². The van der Waals surface area contributed by atoms with Crippen LogP contribution in [0.1, 0.15) is 36.8 Å². The van der Waals surface area contributed by atoms with Gasteiger partial charge < -0.3 is 4.90 Å². The van der Waals surface area contributed by atoms with E-state index in [4.69, 9.17) is 23.2 Å². The first-order valence-electron chi connectivity index (χ1n) is 8.41. The molecule has 0 unspecified atom stereocenters. The molecule has 1 aliphatic heterocycles. The number of likely N-dealkylation sites (tertiary alicyclic amines) is 1. The summed E-state index contributed by atoms with van der Waals surface area (Å²) in [6.07, 6.45) is 2.76. The van der Waals surface area contributed by atoms with Crippen molar-refractivity contribution in [1.82, 2.24) is 9.80 Å². The number of nitrogens with zero attached hydrogens (tertiary/aromatic N) is 2. The molecule has 1 aliphatic carbocycles. The summed E-state index contributed by atoms with van der Waals surface area (Å²) in [6.45, 7) is 2.88. The van der Waals surface area contributed by atoms with E-state index in [2.05, 4.69) is 4.90 Å². The van der Waals surface area contributed by atoms with Crippen molar-refractivity contribution in [3.05, 3.63) is 33.3 Å². The van der Waals surface area contributed by atoms with E-state index < -0.39 is 5.67 Å². The Labute approximate surface area is 152 Å². The lowest BCUT2D eigenvalue weighted by Crippen LogP contribution is -2.45. The lowest BCUT2D eigenvalue weighted by Gasteiger charge is -2.42. The Morgan fingerprint density at radius 3 is 2.46 bits per heavy atom. The van der Waals surface area contributed by atoms with Crippen LogP contribution in [0, 0.1) is 5.92 Å². The Hall–Kier alpha value is -0.840. The molecule has 0 bridgehead atoms. The van der Waals surface area contributed by atoms with Gasteiger partial charge >= 0.3 is 0 Å². The van der Waals surface area contributed by atoms with Crippen LogP contribution in [0.25, 0.3) is 0 Å². The van der Waals surface area contributed by atoms with E-state index in [0.717, 1.165) is 25.2 Å². The van der Waals surface area contributed by atoms with E-state index in [1.165, 1.54) is 17.7 Å². The number of amides is 1. The molecule has 132 valence electrons. The normalized spacial score (nSPS) is 27.1. The van der Waals surface area contributed by atoms with Crippen molar-refractivity contribution in [2.45, 2.75) is 37.9 Å². The average Bonchev–Trinajstić information content (AvgIpc) is 3.01. The van der Waals surface area contributed by atoms with E-state index in [1.807, 2.05) is 6.07 Å². The van der Waals surface area contributed by atoms with Gasteiger partial charge in [-0.05, 0) is 44.3 Å². The zero-order valence-electron chi connectivity index (χ0n) is 14.1. The molecule has 1 amide bonds. The van der Waals surface area contributed by atoms with E-state index in [-0.39, 0.29) is 24.7 Å². The third-order valence-corrected chi connectivity index (χ3v) is 6.09. The molecule has 0 N–H and O–H groups in total. The highest BCUT2D eigenvalue weighted by molar-refractivity contribution is 6.43. The lowest BCUT2D eigenvalue weighted by molar-refractivity contribution is -0.142. The number of alkyl halides is 1. The minimum Gasteiger partial charge on any atom is -0.349 e. The maximum atomic E-state index is 15.2. The van der Waals surface area contributed by atoms with Crippen LogP contribution in [0.15, 0.2) is 12.1 Å². The summed E-state index contributed by atoms with van der Waals surface area (Å²) in [4.78, 5) is 15.8. The van der Waals surface area contributed by atoms with Gasteiger partial charge in [-0.15, -0.1) is 0 Å². The maximum absolute atomic E-state index is 15.2. The number of rotatable bonds is 4. The highest BCUT2D eigenvalue weighted by Crippen LogP contribution is 2.52. The molecule has 1 aromatic carbocycles. The van der Waals surface area contributed by atoms with Gasteiger partial charge in [0.05, 0.1) is 10.0 Å². The molecule has 0 spiro atoms. The number of hydrogen-bond acceptors (Lipinski definition) is 2. The molecule has 0 aromatic heterocycles. The average molecular weight is 373 g/mol. The van der Waals surface area contributed by atoms with Crippen molar-refractivity contribution in [3.8, 4) is 0 Å². The number of carbonyl (C=O) groups is 1. The Bertz CT molecular complexity index is 638. The Balaban J connectivity index is 1.75. The number of carbonyl (C=O) groups excluding carboxylic acids is 1. The van der Waals surface area contributed by atoms with Gasteiger partial charge in [0.2, 0.25) is 5.91 Å². The molecular formula is C18H23Cl2FN2O. The van der Waals surface area contributed by atoms with Crippen LogP contribution in [-0.4, -0.2) is 42.9 Å². The molecule has 2 aliphatic rings. The van der Waals surface area contributed by atoms with Crippen LogP contribution in [0.2, 0.25) is 10.0 Å². The van der Waals surface area contributed by atoms with Gasteiger partial charge in [0.15, 0.2) is 0 Å². The molecule has 0 atom stereocenters. The van der Waals surface area contributed by atoms with Gasteiger partial charge in [-0.25, -0.2) is 4.39 Å². The highest BCUT2D eigenvalue weighted by atomic mass is 35.5. The van der Waals surface area contributed by atoms with Gasteiger partial charge in [-0.2, -0.15) is 0 Å². The molecule has 1 saturated heterocycles. The van der Waals surface area contributed by atoms with Crippen molar-refractivity contribution in [2.24, 2.45) is 5.92 Å². The second-order valence-electron chi connectivity index (χ2n) is 7.19. The molecule has 6 heteroatoms. The van der Waals surface area contributed by atoms with Gasteiger partial charge in [0, 0.05) is 32.1 Å². The summed E-state index contributed by atoms with van der Waals surface area (Å²) in [5.74, 6) is -0.305. The summed E-state index contributed by atoms with van der Waals surface area (Å²) in [5, 5.41) is 0.743. The molecular weight excluding hydrogens is 350 g/mol. The molecule has 2 fully saturated rings.